The molecule has 30 heavy (non-hydrogen) atoms. The van der Waals surface area contributed by atoms with Crippen molar-refractivity contribution in [1.29, 1.82) is 0 Å². The highest BCUT2D eigenvalue weighted by molar-refractivity contribution is 5.97. The third kappa shape index (κ3) is 3.10. The van der Waals surface area contributed by atoms with E-state index < -0.39 is 6.43 Å². The number of furan rings is 1. The second kappa shape index (κ2) is 7.16. The van der Waals surface area contributed by atoms with Crippen LogP contribution in [0.5, 0.6) is 0 Å². The van der Waals surface area contributed by atoms with Crippen LogP contribution in [0.15, 0.2) is 47.3 Å². The molecule has 7 nitrogen and oxygen atoms in total. The Labute approximate surface area is 170 Å². The predicted molar refractivity (Wildman–Crippen MR) is 104 cm³/mol. The summed E-state index contributed by atoms with van der Waals surface area (Å²) in [6, 6.07) is 8.54. The van der Waals surface area contributed by atoms with Gasteiger partial charge in [0.05, 0.1) is 12.0 Å². The number of hydrogen-bond donors (Lipinski definition) is 0. The molecule has 0 spiro atoms. The fourth-order valence-corrected chi connectivity index (χ4v) is 4.15. The highest BCUT2D eigenvalue weighted by Gasteiger charge is 2.33. The molecular weight excluding hydrogens is 392 g/mol. The van der Waals surface area contributed by atoms with E-state index in [0.717, 1.165) is 17.4 Å². The van der Waals surface area contributed by atoms with Gasteiger partial charge in [0.1, 0.15) is 17.6 Å². The van der Waals surface area contributed by atoms with Crippen LogP contribution in [0.3, 0.4) is 0 Å². The van der Waals surface area contributed by atoms with Gasteiger partial charge in [0, 0.05) is 30.0 Å². The molecule has 154 valence electrons. The van der Waals surface area contributed by atoms with Crippen LogP contribution in [0.2, 0.25) is 0 Å². The molecule has 2 unspecified atom stereocenters. The lowest BCUT2D eigenvalue weighted by Gasteiger charge is -2.37. The molecule has 9 heteroatoms. The number of hydrogen-bond acceptors (Lipinski definition) is 5. The molecular formula is C21H19F2N5O2. The van der Waals surface area contributed by atoms with Crippen molar-refractivity contribution in [3.05, 3.63) is 59.9 Å². The summed E-state index contributed by atoms with van der Waals surface area (Å²) in [5.74, 6) is 0.0765. The number of amides is 1. The molecule has 4 aromatic rings. The Hall–Kier alpha value is -3.36. The number of carbonyl (C=O) groups is 1. The van der Waals surface area contributed by atoms with E-state index in [4.69, 9.17) is 4.42 Å². The maximum absolute atomic E-state index is 13.4. The zero-order chi connectivity index (χ0) is 20.8. The minimum atomic E-state index is -2.70. The van der Waals surface area contributed by atoms with E-state index in [1.54, 1.807) is 23.3 Å². The average Bonchev–Trinajstić information content (AvgIpc) is 3.41. The van der Waals surface area contributed by atoms with Gasteiger partial charge in [-0.2, -0.15) is 10.1 Å². The van der Waals surface area contributed by atoms with Crippen LogP contribution in [0.25, 0.3) is 16.7 Å². The summed E-state index contributed by atoms with van der Waals surface area (Å²) in [7, 11) is 0. The number of carbonyl (C=O) groups excluding carboxylic acids is 1. The lowest BCUT2D eigenvalue weighted by Crippen LogP contribution is -2.42. The standard InChI is InChI=1S/C21H19F2N5O2/c1-12-4-6-27(20(29)14-2-3-18-13(8-14)5-7-30-18)10-15(12)17-9-16(19(22)23)26-21-24-11-25-28(17)21/h2-3,5,7-9,11-12,15,19H,4,6,10H2,1H3. The number of rotatable bonds is 3. The number of halogens is 2. The molecule has 1 aliphatic rings. The zero-order valence-corrected chi connectivity index (χ0v) is 16.2. The average molecular weight is 411 g/mol. The van der Waals surface area contributed by atoms with Crippen LogP contribution in [0.4, 0.5) is 8.78 Å². The van der Waals surface area contributed by atoms with Gasteiger partial charge in [-0.15, -0.1) is 0 Å². The normalized spacial score (nSPS) is 19.8. The van der Waals surface area contributed by atoms with E-state index in [2.05, 4.69) is 22.0 Å². The largest absolute Gasteiger partial charge is 0.464 e. The number of likely N-dealkylation sites (tertiary alicyclic amines) is 1. The lowest BCUT2D eigenvalue weighted by molar-refractivity contribution is 0.0665. The molecule has 1 fully saturated rings. The second-order valence-electron chi connectivity index (χ2n) is 7.68. The van der Waals surface area contributed by atoms with Crippen LogP contribution in [-0.2, 0) is 0 Å². The summed E-state index contributed by atoms with van der Waals surface area (Å²) in [5, 5.41) is 5.03. The van der Waals surface area contributed by atoms with Gasteiger partial charge in [-0.3, -0.25) is 4.79 Å². The van der Waals surface area contributed by atoms with Crippen molar-refractivity contribution in [3.8, 4) is 0 Å². The van der Waals surface area contributed by atoms with E-state index in [1.165, 1.54) is 16.9 Å². The predicted octanol–water partition coefficient (Wildman–Crippen LogP) is 4.07. The van der Waals surface area contributed by atoms with Gasteiger partial charge < -0.3 is 9.32 Å². The monoisotopic (exact) mass is 411 g/mol. The Morgan fingerprint density at radius 3 is 2.97 bits per heavy atom. The summed E-state index contributed by atoms with van der Waals surface area (Å²) in [6.07, 6.45) is 0.943. The number of alkyl halides is 2. The first-order valence-electron chi connectivity index (χ1n) is 9.76. The molecule has 0 aliphatic carbocycles. The number of aromatic nitrogens is 4. The van der Waals surface area contributed by atoms with Gasteiger partial charge >= 0.3 is 0 Å². The van der Waals surface area contributed by atoms with Crippen LogP contribution in [0.1, 0.15) is 47.4 Å². The minimum absolute atomic E-state index is 0.0898. The van der Waals surface area contributed by atoms with Gasteiger partial charge in [0.25, 0.3) is 18.1 Å². The van der Waals surface area contributed by atoms with Crippen molar-refractivity contribution in [1.82, 2.24) is 24.5 Å². The van der Waals surface area contributed by atoms with Gasteiger partial charge in [-0.1, -0.05) is 6.92 Å². The van der Waals surface area contributed by atoms with Crippen molar-refractivity contribution in [3.63, 3.8) is 0 Å². The topological polar surface area (TPSA) is 76.5 Å². The van der Waals surface area contributed by atoms with Gasteiger partial charge in [0.2, 0.25) is 0 Å². The van der Waals surface area contributed by atoms with Crippen molar-refractivity contribution in [2.45, 2.75) is 25.7 Å². The fourth-order valence-electron chi connectivity index (χ4n) is 4.15. The quantitative estimate of drug-likeness (QED) is 0.508. The number of benzene rings is 1. The fraction of sp³-hybridized carbons (Fsp3) is 0.333. The van der Waals surface area contributed by atoms with Crippen LogP contribution >= 0.6 is 0 Å². The summed E-state index contributed by atoms with van der Waals surface area (Å²) >= 11 is 0. The Morgan fingerprint density at radius 1 is 1.27 bits per heavy atom. The summed E-state index contributed by atoms with van der Waals surface area (Å²) in [4.78, 5) is 22.8. The van der Waals surface area contributed by atoms with Crippen LogP contribution < -0.4 is 0 Å². The molecule has 2 atom stereocenters. The molecule has 4 heterocycles. The molecule has 5 rings (SSSR count). The molecule has 0 radical (unpaired) electrons. The van der Waals surface area contributed by atoms with Crippen molar-refractivity contribution < 1.29 is 18.0 Å². The van der Waals surface area contributed by atoms with E-state index in [0.29, 0.717) is 24.3 Å². The van der Waals surface area contributed by atoms with Gasteiger partial charge in [-0.25, -0.2) is 18.3 Å². The van der Waals surface area contributed by atoms with Crippen molar-refractivity contribution in [2.24, 2.45) is 5.92 Å². The Morgan fingerprint density at radius 2 is 2.13 bits per heavy atom. The van der Waals surface area contributed by atoms with E-state index in [-0.39, 0.29) is 29.2 Å². The van der Waals surface area contributed by atoms with E-state index in [9.17, 15) is 13.6 Å². The van der Waals surface area contributed by atoms with E-state index in [1.807, 2.05) is 12.1 Å². The van der Waals surface area contributed by atoms with Crippen molar-refractivity contribution in [2.75, 3.05) is 13.1 Å². The molecule has 1 amide bonds. The van der Waals surface area contributed by atoms with E-state index >= 15 is 0 Å². The van der Waals surface area contributed by atoms with Crippen LogP contribution in [-0.4, -0.2) is 43.5 Å². The first-order chi connectivity index (χ1) is 14.5. The third-order valence-corrected chi connectivity index (χ3v) is 5.85. The minimum Gasteiger partial charge on any atom is -0.464 e. The molecule has 1 saturated heterocycles. The maximum atomic E-state index is 13.4. The maximum Gasteiger partial charge on any atom is 0.280 e. The molecule has 1 aliphatic heterocycles. The Bertz CT molecular complexity index is 1230. The molecule has 0 bridgehead atoms. The lowest BCUT2D eigenvalue weighted by atomic mass is 9.84. The zero-order valence-electron chi connectivity index (χ0n) is 16.2. The molecule has 0 N–H and O–H groups in total. The first kappa shape index (κ1) is 18.7. The smallest absolute Gasteiger partial charge is 0.280 e. The molecule has 1 aromatic carbocycles. The number of nitrogens with zero attached hydrogens (tertiary/aromatic N) is 5. The Balaban J connectivity index is 1.48. The SMILES string of the molecule is CC1CCN(C(=O)c2ccc3occc3c2)CC1c1cc(C(F)F)nc2ncnn12. The number of piperidine rings is 1. The summed E-state index contributed by atoms with van der Waals surface area (Å²) < 4.78 is 33.6. The highest BCUT2D eigenvalue weighted by Crippen LogP contribution is 2.34. The van der Waals surface area contributed by atoms with Gasteiger partial charge in [0.15, 0.2) is 0 Å². The Kier molecular flexibility index (Phi) is 4.45. The number of fused-ring (bicyclic) bond motifs is 2. The van der Waals surface area contributed by atoms with Crippen LogP contribution in [0, 0.1) is 5.92 Å². The van der Waals surface area contributed by atoms with Crippen molar-refractivity contribution >= 4 is 22.7 Å². The second-order valence-corrected chi connectivity index (χ2v) is 7.68. The highest BCUT2D eigenvalue weighted by atomic mass is 19.3. The van der Waals surface area contributed by atoms with Gasteiger partial charge in [-0.05, 0) is 42.7 Å². The molecule has 0 saturated carbocycles. The summed E-state index contributed by atoms with van der Waals surface area (Å²) in [5.41, 5.74) is 1.57. The first-order valence-corrected chi connectivity index (χ1v) is 9.76. The molecule has 3 aromatic heterocycles. The summed E-state index contributed by atoms with van der Waals surface area (Å²) in [6.45, 7) is 3.08. The third-order valence-electron chi connectivity index (χ3n) is 5.85.